The molecule has 4 heteroatoms. The summed E-state index contributed by atoms with van der Waals surface area (Å²) in [5.41, 5.74) is 1.54. The molecule has 1 N–H and O–H groups in total. The molecule has 0 saturated carbocycles. The molecule has 2 aromatic rings. The first-order valence-electron chi connectivity index (χ1n) is 6.19. The van der Waals surface area contributed by atoms with Crippen LogP contribution in [0.15, 0.2) is 42.7 Å². The van der Waals surface area contributed by atoms with Crippen molar-refractivity contribution >= 4 is 5.91 Å². The average molecular weight is 243 g/mol. The molecule has 0 unspecified atom stereocenters. The maximum absolute atomic E-state index is 11.8. The van der Waals surface area contributed by atoms with Gasteiger partial charge in [0.05, 0.1) is 17.4 Å². The van der Waals surface area contributed by atoms with Gasteiger partial charge in [0, 0.05) is 12.7 Å². The van der Waals surface area contributed by atoms with Gasteiger partial charge in [-0.1, -0.05) is 31.5 Å². The fraction of sp³-hybridized carbons (Fsp3) is 0.286. The lowest BCUT2D eigenvalue weighted by atomic mass is 10.3. The fourth-order valence-electron chi connectivity index (χ4n) is 1.64. The molecule has 0 spiro atoms. The van der Waals surface area contributed by atoms with Gasteiger partial charge in [0.15, 0.2) is 0 Å². The fourth-order valence-corrected chi connectivity index (χ4v) is 1.64. The van der Waals surface area contributed by atoms with Crippen LogP contribution in [0.4, 0.5) is 0 Å². The smallest absolute Gasteiger partial charge is 0.254 e. The van der Waals surface area contributed by atoms with Crippen LogP contribution in [-0.2, 0) is 0 Å². The zero-order chi connectivity index (χ0) is 12.8. The standard InChI is InChI=1S/C14H17N3O/c1-2-3-9-15-14(18)12-10-16-17(11-12)13-7-5-4-6-8-13/h4-8,10-11H,2-3,9H2,1H3,(H,15,18). The summed E-state index contributed by atoms with van der Waals surface area (Å²) in [7, 11) is 0. The highest BCUT2D eigenvalue weighted by Crippen LogP contribution is 2.07. The summed E-state index contributed by atoms with van der Waals surface area (Å²) in [4.78, 5) is 11.8. The van der Waals surface area contributed by atoms with Crippen molar-refractivity contribution in [2.75, 3.05) is 6.54 Å². The number of carbonyl (C=O) groups excluding carboxylic acids is 1. The van der Waals surface area contributed by atoms with Crippen molar-refractivity contribution in [3.8, 4) is 5.69 Å². The molecule has 1 amide bonds. The Balaban J connectivity index is 2.04. The summed E-state index contributed by atoms with van der Waals surface area (Å²) in [6.45, 7) is 2.81. The van der Waals surface area contributed by atoms with Crippen LogP contribution >= 0.6 is 0 Å². The number of unbranched alkanes of at least 4 members (excludes halogenated alkanes) is 1. The number of benzene rings is 1. The van der Waals surface area contributed by atoms with Crippen molar-refractivity contribution in [1.82, 2.24) is 15.1 Å². The topological polar surface area (TPSA) is 46.9 Å². The van der Waals surface area contributed by atoms with Gasteiger partial charge in [-0.25, -0.2) is 4.68 Å². The number of aromatic nitrogens is 2. The Morgan fingerprint density at radius 2 is 2.11 bits per heavy atom. The summed E-state index contributed by atoms with van der Waals surface area (Å²) in [5.74, 6) is -0.0642. The van der Waals surface area contributed by atoms with E-state index in [9.17, 15) is 4.79 Å². The molecule has 0 aliphatic rings. The largest absolute Gasteiger partial charge is 0.352 e. The van der Waals surface area contributed by atoms with Crippen LogP contribution in [-0.4, -0.2) is 22.2 Å². The Morgan fingerprint density at radius 1 is 1.33 bits per heavy atom. The van der Waals surface area contributed by atoms with Crippen LogP contribution in [0.1, 0.15) is 30.1 Å². The van der Waals surface area contributed by atoms with Crippen molar-refractivity contribution in [2.24, 2.45) is 0 Å². The number of amides is 1. The van der Waals surface area contributed by atoms with Gasteiger partial charge >= 0.3 is 0 Å². The number of hydrogen-bond donors (Lipinski definition) is 1. The first kappa shape index (κ1) is 12.4. The molecular weight excluding hydrogens is 226 g/mol. The van der Waals surface area contributed by atoms with Crippen LogP contribution in [0.5, 0.6) is 0 Å². The third kappa shape index (κ3) is 2.97. The van der Waals surface area contributed by atoms with E-state index in [0.717, 1.165) is 18.5 Å². The van der Waals surface area contributed by atoms with E-state index < -0.39 is 0 Å². The molecule has 0 saturated heterocycles. The number of para-hydroxylation sites is 1. The first-order valence-corrected chi connectivity index (χ1v) is 6.19. The summed E-state index contributed by atoms with van der Waals surface area (Å²) in [6, 6.07) is 9.74. The van der Waals surface area contributed by atoms with Crippen molar-refractivity contribution in [3.05, 3.63) is 48.3 Å². The van der Waals surface area contributed by atoms with Crippen LogP contribution in [0.3, 0.4) is 0 Å². The molecule has 0 aliphatic heterocycles. The summed E-state index contributed by atoms with van der Waals surface area (Å²) >= 11 is 0. The van der Waals surface area contributed by atoms with E-state index in [1.165, 1.54) is 0 Å². The average Bonchev–Trinajstić information content (AvgIpc) is 2.89. The number of rotatable bonds is 5. The number of nitrogens with zero attached hydrogens (tertiary/aromatic N) is 2. The van der Waals surface area contributed by atoms with Crippen molar-refractivity contribution < 1.29 is 4.79 Å². The maximum Gasteiger partial charge on any atom is 0.254 e. The molecule has 1 aromatic heterocycles. The lowest BCUT2D eigenvalue weighted by molar-refractivity contribution is 0.0953. The Kier molecular flexibility index (Phi) is 4.12. The van der Waals surface area contributed by atoms with E-state index in [4.69, 9.17) is 0 Å². The Labute approximate surface area is 107 Å². The highest BCUT2D eigenvalue weighted by atomic mass is 16.1. The molecule has 4 nitrogen and oxygen atoms in total. The zero-order valence-electron chi connectivity index (χ0n) is 10.5. The number of carbonyl (C=O) groups is 1. The molecule has 2 rings (SSSR count). The maximum atomic E-state index is 11.8. The van der Waals surface area contributed by atoms with E-state index in [1.807, 2.05) is 30.3 Å². The van der Waals surface area contributed by atoms with Crippen LogP contribution in [0.25, 0.3) is 5.69 Å². The number of hydrogen-bond acceptors (Lipinski definition) is 2. The monoisotopic (exact) mass is 243 g/mol. The van der Waals surface area contributed by atoms with E-state index >= 15 is 0 Å². The summed E-state index contributed by atoms with van der Waals surface area (Å²) < 4.78 is 1.70. The lowest BCUT2D eigenvalue weighted by Gasteiger charge is -2.01. The van der Waals surface area contributed by atoms with Gasteiger partial charge in [-0.3, -0.25) is 4.79 Å². The molecule has 1 aromatic carbocycles. The van der Waals surface area contributed by atoms with Gasteiger partial charge in [0.2, 0.25) is 0 Å². The first-order chi connectivity index (χ1) is 8.81. The molecule has 0 aliphatic carbocycles. The Bertz CT molecular complexity index is 505. The van der Waals surface area contributed by atoms with Gasteiger partial charge in [0.1, 0.15) is 0 Å². The van der Waals surface area contributed by atoms with E-state index in [2.05, 4.69) is 17.3 Å². The molecule has 0 atom stereocenters. The molecule has 94 valence electrons. The lowest BCUT2D eigenvalue weighted by Crippen LogP contribution is -2.23. The van der Waals surface area contributed by atoms with Crippen molar-refractivity contribution in [2.45, 2.75) is 19.8 Å². The zero-order valence-corrected chi connectivity index (χ0v) is 10.5. The highest BCUT2D eigenvalue weighted by Gasteiger charge is 2.08. The van der Waals surface area contributed by atoms with Crippen molar-refractivity contribution in [3.63, 3.8) is 0 Å². The number of nitrogens with one attached hydrogen (secondary N) is 1. The predicted octanol–water partition coefficient (Wildman–Crippen LogP) is 2.40. The summed E-state index contributed by atoms with van der Waals surface area (Å²) in [6.07, 6.45) is 5.41. The highest BCUT2D eigenvalue weighted by molar-refractivity contribution is 5.93. The van der Waals surface area contributed by atoms with Gasteiger partial charge in [-0.05, 0) is 18.6 Å². The molecule has 1 heterocycles. The summed E-state index contributed by atoms with van der Waals surface area (Å²) in [5, 5.41) is 7.06. The minimum atomic E-state index is -0.0642. The van der Waals surface area contributed by atoms with Crippen LogP contribution in [0, 0.1) is 0 Å². The van der Waals surface area contributed by atoms with E-state index in [-0.39, 0.29) is 5.91 Å². The van der Waals surface area contributed by atoms with Gasteiger partial charge in [-0.2, -0.15) is 5.10 Å². The minimum Gasteiger partial charge on any atom is -0.352 e. The van der Waals surface area contributed by atoms with E-state index in [0.29, 0.717) is 12.1 Å². The van der Waals surface area contributed by atoms with Gasteiger partial charge in [0.25, 0.3) is 5.91 Å². The van der Waals surface area contributed by atoms with Crippen molar-refractivity contribution in [1.29, 1.82) is 0 Å². The third-order valence-electron chi connectivity index (χ3n) is 2.68. The molecular formula is C14H17N3O. The van der Waals surface area contributed by atoms with E-state index in [1.54, 1.807) is 17.1 Å². The third-order valence-corrected chi connectivity index (χ3v) is 2.68. The Morgan fingerprint density at radius 3 is 2.83 bits per heavy atom. The van der Waals surface area contributed by atoms with Gasteiger partial charge in [-0.15, -0.1) is 0 Å². The minimum absolute atomic E-state index is 0.0642. The normalized spacial score (nSPS) is 10.3. The Hall–Kier alpha value is -2.10. The van der Waals surface area contributed by atoms with Crippen LogP contribution in [0.2, 0.25) is 0 Å². The van der Waals surface area contributed by atoms with Gasteiger partial charge < -0.3 is 5.32 Å². The molecule has 0 fully saturated rings. The molecule has 18 heavy (non-hydrogen) atoms. The molecule has 0 bridgehead atoms. The molecule has 0 radical (unpaired) electrons. The quantitative estimate of drug-likeness (QED) is 0.820. The second-order valence-electron chi connectivity index (χ2n) is 4.12. The second kappa shape index (κ2) is 6.00. The second-order valence-corrected chi connectivity index (χ2v) is 4.12. The predicted molar refractivity (Wildman–Crippen MR) is 70.8 cm³/mol. The van der Waals surface area contributed by atoms with Crippen LogP contribution < -0.4 is 5.32 Å². The SMILES string of the molecule is CCCCNC(=O)c1cnn(-c2ccccc2)c1.